The molecule has 6 heteroatoms. The van der Waals surface area contributed by atoms with Gasteiger partial charge >= 0.3 is 63.3 Å². The Labute approximate surface area is 224 Å². The molecule has 164 valence electrons. The van der Waals surface area contributed by atoms with E-state index in [-0.39, 0.29) is 95.2 Å². The third-order valence-corrected chi connectivity index (χ3v) is 6.93. The van der Waals surface area contributed by atoms with E-state index < -0.39 is 6.10 Å². The van der Waals surface area contributed by atoms with Crippen LogP contribution in [0.2, 0.25) is 0 Å². The van der Waals surface area contributed by atoms with Crippen LogP contribution in [-0.4, -0.2) is 35.4 Å². The zero-order valence-electron chi connectivity index (χ0n) is 20.2. The Morgan fingerprint density at radius 3 is 2.73 bits per heavy atom. The Morgan fingerprint density at radius 2 is 2.07 bits per heavy atom. The topological polar surface area (TPSA) is 72.8 Å². The maximum Gasteiger partial charge on any atom is 1.00 e. The van der Waals surface area contributed by atoms with Gasteiger partial charge < -0.3 is 16.0 Å². The van der Waals surface area contributed by atoms with Crippen LogP contribution < -0.4 is 51.4 Å². The summed E-state index contributed by atoms with van der Waals surface area (Å²) in [6.45, 7) is 8.33. The van der Waals surface area contributed by atoms with Crippen LogP contribution in [0.5, 0.6) is 0 Å². The maximum absolute atomic E-state index is 12.5. The molecule has 30 heavy (non-hydrogen) atoms. The first-order chi connectivity index (χ1) is 13.8. The maximum atomic E-state index is 12.5. The largest absolute Gasteiger partial charge is 1.00 e. The van der Waals surface area contributed by atoms with Gasteiger partial charge in [0.15, 0.2) is 0 Å². The fraction of sp³-hybridized carbons (Fsp3) is 0.750. The van der Waals surface area contributed by atoms with Gasteiger partial charge in [0.2, 0.25) is 0 Å². The first-order valence-corrected chi connectivity index (χ1v) is 11.3. The van der Waals surface area contributed by atoms with E-state index in [9.17, 15) is 14.7 Å². The molecule has 0 aromatic rings. The van der Waals surface area contributed by atoms with Crippen molar-refractivity contribution in [1.29, 1.82) is 0 Å². The minimum Gasteiger partial charge on any atom is -1.00 e. The van der Waals surface area contributed by atoms with Gasteiger partial charge in [-0.3, -0.25) is 9.59 Å². The normalized spacial score (nSPS) is 36.6. The van der Waals surface area contributed by atoms with Crippen LogP contribution in [0.15, 0.2) is 23.8 Å². The first kappa shape index (κ1) is 26.3. The number of esters is 2. The number of carbonyl (C=O) groups is 2. The van der Waals surface area contributed by atoms with E-state index in [0.29, 0.717) is 24.2 Å². The fourth-order valence-corrected chi connectivity index (χ4v) is 5.07. The average molecular weight is 445 g/mol. The molecule has 3 rings (SSSR count). The fourth-order valence-electron chi connectivity index (χ4n) is 5.07. The number of aliphatic hydroxyl groups excluding tert-OH is 1. The van der Waals surface area contributed by atoms with E-state index in [1.54, 1.807) is 0 Å². The van der Waals surface area contributed by atoms with Gasteiger partial charge in [0.25, 0.3) is 0 Å². The number of carbonyl (C=O) groups excluding carboxylic acids is 2. The van der Waals surface area contributed by atoms with Crippen LogP contribution in [0.1, 0.15) is 67.6 Å². The molecule has 0 aromatic carbocycles. The summed E-state index contributed by atoms with van der Waals surface area (Å²) in [5.41, 5.74) is 1.27. The Kier molecular flexibility index (Phi) is 10.3. The molecular weight excluding hydrogens is 407 g/mol. The zero-order chi connectivity index (χ0) is 21.1. The third kappa shape index (κ3) is 6.52. The molecule has 1 heterocycles. The van der Waals surface area contributed by atoms with Crippen molar-refractivity contribution >= 4 is 11.9 Å². The van der Waals surface area contributed by atoms with E-state index in [1.807, 2.05) is 13.8 Å². The minimum absolute atomic E-state index is 0. The molecule has 2 aliphatic carbocycles. The van der Waals surface area contributed by atoms with Crippen molar-refractivity contribution in [2.24, 2.45) is 29.6 Å². The molecule has 0 radical (unpaired) electrons. The smallest absolute Gasteiger partial charge is 1.00 e. The van der Waals surface area contributed by atoms with Crippen LogP contribution in [0.4, 0.5) is 0 Å². The number of rotatable bonds is 6. The predicted molar refractivity (Wildman–Crippen MR) is 112 cm³/mol. The van der Waals surface area contributed by atoms with Gasteiger partial charge in [-0.15, -0.1) is 0 Å². The van der Waals surface area contributed by atoms with Crippen molar-refractivity contribution in [3.63, 3.8) is 0 Å². The van der Waals surface area contributed by atoms with Gasteiger partial charge in [-0.1, -0.05) is 45.9 Å². The van der Waals surface area contributed by atoms with Crippen molar-refractivity contribution < 1.29 is 77.0 Å². The zero-order valence-corrected chi connectivity index (χ0v) is 22.3. The van der Waals surface area contributed by atoms with Gasteiger partial charge in [-0.05, 0) is 49.0 Å². The minimum atomic E-state index is -0.597. The number of ether oxygens (including phenoxy) is 2. The summed E-state index contributed by atoms with van der Waals surface area (Å²) >= 11 is 0. The third-order valence-electron chi connectivity index (χ3n) is 6.93. The van der Waals surface area contributed by atoms with Crippen LogP contribution >= 0.6 is 0 Å². The molecule has 5 nitrogen and oxygen atoms in total. The van der Waals surface area contributed by atoms with Crippen molar-refractivity contribution in [1.82, 2.24) is 0 Å². The SMILES string of the molecule is CCC(C)C(=O)O[C@H]1C[C@@H](C)C=C2C=C[C@H](C)[C@H](CC[C@@H]3C[C@@H](O)CC(=O)O3)[C@H]21.[H-].[K+]. The number of fused-ring (bicyclic) bond motifs is 1. The van der Waals surface area contributed by atoms with Crippen molar-refractivity contribution in [3.8, 4) is 0 Å². The van der Waals surface area contributed by atoms with E-state index in [0.717, 1.165) is 25.7 Å². The van der Waals surface area contributed by atoms with Gasteiger partial charge in [0.1, 0.15) is 12.2 Å². The van der Waals surface area contributed by atoms with Crippen LogP contribution in [-0.2, 0) is 19.1 Å². The predicted octanol–water partition coefficient (Wildman–Crippen LogP) is 1.31. The second kappa shape index (κ2) is 11.8. The van der Waals surface area contributed by atoms with Crippen LogP contribution in [0.3, 0.4) is 0 Å². The molecule has 0 bridgehead atoms. The molecule has 1 aliphatic heterocycles. The molecule has 0 saturated carbocycles. The number of allylic oxidation sites excluding steroid dienone is 3. The molecule has 0 amide bonds. The molecule has 8 atom stereocenters. The molecular formula is C24H37KO5. The standard InChI is InChI=1S/C24H36O5.K.H/c1-5-15(3)24(27)29-21-11-14(2)10-17-7-6-16(4)20(23(17)21)9-8-19-12-18(25)13-22(26)28-19;;/h6-7,10,14-16,18-21,23,25H,5,8-9,11-13H2,1-4H3;;/q;+1;-1/t14-,15?,16-,18+,19+,20-,21-,23-;;/m0../s1. The second-order valence-electron chi connectivity index (χ2n) is 9.36. The van der Waals surface area contributed by atoms with Crippen molar-refractivity contribution in [2.75, 3.05) is 0 Å². The van der Waals surface area contributed by atoms with Crippen LogP contribution in [0.25, 0.3) is 0 Å². The van der Waals surface area contributed by atoms with Crippen LogP contribution in [0, 0.1) is 29.6 Å². The summed E-state index contributed by atoms with van der Waals surface area (Å²) in [5.74, 6) is 0.755. The summed E-state index contributed by atoms with van der Waals surface area (Å²) < 4.78 is 11.5. The number of aliphatic hydroxyl groups is 1. The van der Waals surface area contributed by atoms with Crippen molar-refractivity contribution in [3.05, 3.63) is 23.8 Å². The summed E-state index contributed by atoms with van der Waals surface area (Å²) in [6.07, 6.45) is 9.70. The van der Waals surface area contributed by atoms with E-state index in [1.165, 1.54) is 5.57 Å². The average Bonchev–Trinajstić information content (AvgIpc) is 2.65. The summed E-state index contributed by atoms with van der Waals surface area (Å²) in [4.78, 5) is 24.2. The molecule has 3 aliphatic rings. The quantitative estimate of drug-likeness (QED) is 0.494. The molecule has 1 fully saturated rings. The number of hydrogen-bond donors (Lipinski definition) is 1. The number of hydrogen-bond acceptors (Lipinski definition) is 5. The summed E-state index contributed by atoms with van der Waals surface area (Å²) in [6, 6.07) is 0. The summed E-state index contributed by atoms with van der Waals surface area (Å²) in [5, 5.41) is 9.89. The summed E-state index contributed by atoms with van der Waals surface area (Å²) in [7, 11) is 0. The van der Waals surface area contributed by atoms with E-state index in [2.05, 4.69) is 32.1 Å². The van der Waals surface area contributed by atoms with Gasteiger partial charge in [-0.2, -0.15) is 0 Å². The molecule has 0 spiro atoms. The Morgan fingerprint density at radius 1 is 1.33 bits per heavy atom. The van der Waals surface area contributed by atoms with E-state index in [4.69, 9.17) is 9.47 Å². The van der Waals surface area contributed by atoms with E-state index >= 15 is 0 Å². The molecule has 0 aromatic heterocycles. The molecule has 1 N–H and O–H groups in total. The van der Waals surface area contributed by atoms with Crippen molar-refractivity contribution in [2.45, 2.75) is 84.5 Å². The second-order valence-corrected chi connectivity index (χ2v) is 9.36. The van der Waals surface area contributed by atoms with Gasteiger partial charge in [0, 0.05) is 12.3 Å². The molecule has 1 saturated heterocycles. The molecule has 1 unspecified atom stereocenters. The van der Waals surface area contributed by atoms with Gasteiger partial charge in [0.05, 0.1) is 18.4 Å². The first-order valence-electron chi connectivity index (χ1n) is 11.3. The van der Waals surface area contributed by atoms with Gasteiger partial charge in [-0.25, -0.2) is 0 Å². The number of cyclic esters (lactones) is 1. The monoisotopic (exact) mass is 444 g/mol. The Bertz CT molecular complexity index is 679. The Hall–Kier alpha value is 0.0164. The Balaban J connectivity index is 0.00000240.